The van der Waals surface area contributed by atoms with Gasteiger partial charge in [0.1, 0.15) is 23.5 Å². The zero-order valence-corrected chi connectivity index (χ0v) is 23.1. The van der Waals surface area contributed by atoms with Gasteiger partial charge >= 0.3 is 6.09 Å². The largest absolute Gasteiger partial charge is 0.493 e. The minimum absolute atomic E-state index is 0.161. The molecule has 1 aromatic carbocycles. The van der Waals surface area contributed by atoms with E-state index in [1.807, 2.05) is 47.7 Å². The zero-order chi connectivity index (χ0) is 23.8. The third-order valence-corrected chi connectivity index (χ3v) is 6.16. The quantitative estimate of drug-likeness (QED) is 0.290. The van der Waals surface area contributed by atoms with E-state index in [1.165, 1.54) is 6.07 Å². The molecule has 4 radical (unpaired) electrons. The Kier molecular flexibility index (Phi) is 11.2. The minimum Gasteiger partial charge on any atom is -0.493 e. The summed E-state index contributed by atoms with van der Waals surface area (Å²) >= 11 is 3.18. The molecule has 1 rings (SSSR count). The van der Waals surface area contributed by atoms with Crippen LogP contribution in [0.15, 0.2) is 22.7 Å². The van der Waals surface area contributed by atoms with Gasteiger partial charge in [0.15, 0.2) is 0 Å². The van der Waals surface area contributed by atoms with Crippen molar-refractivity contribution >= 4 is 41.5 Å². The molecule has 0 aliphatic heterocycles. The molecular weight excluding hydrogens is 501 g/mol. The van der Waals surface area contributed by atoms with Gasteiger partial charge in [0.25, 0.3) is 0 Å². The van der Waals surface area contributed by atoms with E-state index in [-0.39, 0.29) is 37.9 Å². The fourth-order valence-electron chi connectivity index (χ4n) is 2.75. The lowest BCUT2D eigenvalue weighted by Gasteiger charge is -2.41. The second-order valence-electron chi connectivity index (χ2n) is 8.74. The van der Waals surface area contributed by atoms with E-state index in [2.05, 4.69) is 15.9 Å². The van der Waals surface area contributed by atoms with Crippen LogP contribution in [0, 0.1) is 17.2 Å². The highest BCUT2D eigenvalue weighted by Gasteiger charge is 2.40. The number of ether oxygens (including phenoxy) is 2. The molecule has 6 nitrogen and oxygen atoms in total. The summed E-state index contributed by atoms with van der Waals surface area (Å²) in [5.74, 6) is 0.0114. The molecule has 0 aliphatic carbocycles. The molecule has 1 atom stereocenters. The van der Waals surface area contributed by atoms with Crippen molar-refractivity contribution in [2.24, 2.45) is 11.3 Å². The lowest BCUT2D eigenvalue weighted by Crippen LogP contribution is -2.49. The molecular formula is C21H33BrFNO5Si2. The van der Waals surface area contributed by atoms with Crippen LogP contribution in [0.4, 0.5) is 9.18 Å². The van der Waals surface area contributed by atoms with Crippen LogP contribution in [0.5, 0.6) is 5.75 Å². The van der Waals surface area contributed by atoms with Gasteiger partial charge in [-0.25, -0.2) is 9.18 Å². The van der Waals surface area contributed by atoms with Gasteiger partial charge in [-0.1, -0.05) is 13.8 Å². The molecule has 1 amide bonds. The van der Waals surface area contributed by atoms with Gasteiger partial charge in [-0.3, -0.25) is 0 Å². The summed E-state index contributed by atoms with van der Waals surface area (Å²) in [5, 5.41) is 0. The average molecular weight is 535 g/mol. The lowest BCUT2D eigenvalue weighted by atomic mass is 9.78. The van der Waals surface area contributed by atoms with E-state index < -0.39 is 23.4 Å². The highest BCUT2D eigenvalue weighted by Crippen LogP contribution is 2.35. The average Bonchev–Trinajstić information content (AvgIpc) is 2.65. The van der Waals surface area contributed by atoms with Crippen LogP contribution in [0.2, 0.25) is 13.1 Å². The molecule has 0 fully saturated rings. The van der Waals surface area contributed by atoms with Crippen molar-refractivity contribution < 1.29 is 27.5 Å². The predicted octanol–water partition coefficient (Wildman–Crippen LogP) is 5.17. The Morgan fingerprint density at radius 2 is 1.74 bits per heavy atom. The zero-order valence-electron chi connectivity index (χ0n) is 19.5. The number of hydrogen-bond acceptors (Lipinski definition) is 5. The number of halogens is 2. The molecule has 0 bridgehead atoms. The van der Waals surface area contributed by atoms with Gasteiger partial charge in [0.2, 0.25) is 19.5 Å². The van der Waals surface area contributed by atoms with E-state index in [0.29, 0.717) is 16.8 Å². The summed E-state index contributed by atoms with van der Waals surface area (Å²) in [6.07, 6.45) is -0.870. The van der Waals surface area contributed by atoms with Crippen molar-refractivity contribution in [1.29, 1.82) is 0 Å². The topological polar surface area (TPSA) is 57.2 Å². The van der Waals surface area contributed by atoms with Gasteiger partial charge in [-0.2, -0.15) is 0 Å². The number of rotatable bonds is 11. The third-order valence-electron chi connectivity index (χ3n) is 4.65. The molecule has 0 aliphatic rings. The molecule has 0 aromatic heterocycles. The van der Waals surface area contributed by atoms with Gasteiger partial charge in [0, 0.05) is 24.9 Å². The van der Waals surface area contributed by atoms with Crippen LogP contribution in [-0.4, -0.2) is 62.6 Å². The van der Waals surface area contributed by atoms with Crippen LogP contribution in [0.3, 0.4) is 0 Å². The summed E-state index contributed by atoms with van der Waals surface area (Å²) in [5.41, 5.74) is -1.08. The fourth-order valence-corrected chi connectivity index (χ4v) is 4.33. The standard InChI is InChI=1S/C21H33BrFNO5Si2/c1-20(2,3)27-19(25)24(6)12-14(21(4,5)18(28-30-7)29-31-8)13-26-15-9-10-17(23)16(22)11-15/h9-11,14,18H,12-13H2,1-8H3. The molecule has 1 unspecified atom stereocenters. The molecule has 0 saturated carbocycles. The molecule has 0 N–H and O–H groups in total. The van der Waals surface area contributed by atoms with E-state index in [9.17, 15) is 9.18 Å². The van der Waals surface area contributed by atoms with Crippen LogP contribution in [-0.2, 0) is 13.6 Å². The van der Waals surface area contributed by atoms with Crippen molar-refractivity contribution in [3.63, 3.8) is 0 Å². The summed E-state index contributed by atoms with van der Waals surface area (Å²) in [4.78, 5) is 14.1. The van der Waals surface area contributed by atoms with Crippen LogP contribution in [0.25, 0.3) is 0 Å². The Bertz CT molecular complexity index is 712. The molecule has 1 aromatic rings. The van der Waals surface area contributed by atoms with Gasteiger partial charge < -0.3 is 23.2 Å². The number of benzene rings is 1. The Morgan fingerprint density at radius 3 is 2.23 bits per heavy atom. The normalized spacial score (nSPS) is 13.3. The van der Waals surface area contributed by atoms with Crippen molar-refractivity contribution in [3.8, 4) is 5.75 Å². The Labute approximate surface area is 199 Å². The highest BCUT2D eigenvalue weighted by atomic mass is 79.9. The van der Waals surface area contributed by atoms with E-state index in [1.54, 1.807) is 24.1 Å². The first-order valence-electron chi connectivity index (χ1n) is 9.98. The first kappa shape index (κ1) is 28.1. The van der Waals surface area contributed by atoms with Crippen molar-refractivity contribution in [2.75, 3.05) is 20.2 Å². The maximum absolute atomic E-state index is 13.6. The summed E-state index contributed by atoms with van der Waals surface area (Å²) < 4.78 is 37.2. The SMILES string of the molecule is C[Si]OC(O[Si]C)C(C)(C)C(COc1ccc(F)c(Br)c1)CN(C)C(=O)OC(C)(C)C. The molecule has 31 heavy (non-hydrogen) atoms. The molecule has 0 spiro atoms. The van der Waals surface area contributed by atoms with Crippen molar-refractivity contribution in [2.45, 2.75) is 59.6 Å². The Hall–Kier alpha value is -0.946. The molecule has 0 heterocycles. The number of carbonyl (C=O) groups excluding carboxylic acids is 1. The second-order valence-corrected chi connectivity index (χ2v) is 10.9. The molecule has 0 saturated heterocycles. The second kappa shape index (κ2) is 12.3. The van der Waals surface area contributed by atoms with Gasteiger partial charge in [-0.15, -0.1) is 0 Å². The van der Waals surface area contributed by atoms with Crippen LogP contribution < -0.4 is 4.74 Å². The van der Waals surface area contributed by atoms with Crippen LogP contribution in [0.1, 0.15) is 34.6 Å². The molecule has 174 valence electrons. The summed E-state index contributed by atoms with van der Waals surface area (Å²) in [6, 6.07) is 4.51. The first-order chi connectivity index (χ1) is 14.3. The van der Waals surface area contributed by atoms with Gasteiger partial charge in [-0.05, 0) is 68.0 Å². The maximum Gasteiger partial charge on any atom is 0.410 e. The van der Waals surface area contributed by atoms with Gasteiger partial charge in [0.05, 0.1) is 11.1 Å². The molecule has 10 heteroatoms. The predicted molar refractivity (Wildman–Crippen MR) is 125 cm³/mol. The van der Waals surface area contributed by atoms with Crippen molar-refractivity contribution in [1.82, 2.24) is 4.90 Å². The Balaban J connectivity index is 3.08. The lowest BCUT2D eigenvalue weighted by molar-refractivity contribution is -0.115. The summed E-state index contributed by atoms with van der Waals surface area (Å²) in [7, 11) is 2.21. The minimum atomic E-state index is -0.589. The Morgan fingerprint density at radius 1 is 1.16 bits per heavy atom. The first-order valence-corrected chi connectivity index (χ1v) is 13.6. The van der Waals surface area contributed by atoms with E-state index >= 15 is 0 Å². The maximum atomic E-state index is 13.6. The van der Waals surface area contributed by atoms with E-state index in [4.69, 9.17) is 18.3 Å². The number of hydrogen-bond donors (Lipinski definition) is 0. The number of nitrogens with zero attached hydrogens (tertiary/aromatic N) is 1. The third kappa shape index (κ3) is 9.21. The number of carbonyl (C=O) groups is 1. The van der Waals surface area contributed by atoms with Crippen molar-refractivity contribution in [3.05, 3.63) is 28.5 Å². The smallest absolute Gasteiger partial charge is 0.410 e. The fraction of sp³-hybridized carbons (Fsp3) is 0.667. The summed E-state index contributed by atoms with van der Waals surface area (Å²) in [6.45, 7) is 14.1. The highest BCUT2D eigenvalue weighted by molar-refractivity contribution is 9.10. The van der Waals surface area contributed by atoms with Crippen LogP contribution >= 0.6 is 15.9 Å². The van der Waals surface area contributed by atoms with E-state index in [0.717, 1.165) is 0 Å². The monoisotopic (exact) mass is 533 g/mol. The number of amides is 1.